The fourth-order valence-corrected chi connectivity index (χ4v) is 2.80. The molecule has 3 aromatic rings. The Morgan fingerprint density at radius 2 is 2.28 bits per heavy atom. The minimum absolute atomic E-state index is 0.489. The van der Waals surface area contributed by atoms with Gasteiger partial charge in [-0.15, -0.1) is 11.3 Å². The van der Waals surface area contributed by atoms with Crippen LogP contribution >= 0.6 is 11.3 Å². The average Bonchev–Trinajstić information content (AvgIpc) is 3.03. The standard InChI is InChI=1S/C13H13N3OS/c1-17-10-5-6-18-12(10)13-15-9-4-2-3-8(7-14)11(9)16-13/h2-6H,7,14H2,1H3,(H,15,16). The fraction of sp³-hybridized carbons (Fsp3) is 0.154. The molecule has 92 valence electrons. The summed E-state index contributed by atoms with van der Waals surface area (Å²) < 4.78 is 5.32. The van der Waals surface area contributed by atoms with Crippen molar-refractivity contribution < 1.29 is 4.74 Å². The number of rotatable bonds is 3. The van der Waals surface area contributed by atoms with Gasteiger partial charge in [0.2, 0.25) is 0 Å². The third kappa shape index (κ3) is 1.68. The van der Waals surface area contributed by atoms with E-state index in [4.69, 9.17) is 10.5 Å². The maximum Gasteiger partial charge on any atom is 0.152 e. The molecule has 0 unspecified atom stereocenters. The molecule has 18 heavy (non-hydrogen) atoms. The van der Waals surface area contributed by atoms with Crippen LogP contribution in [0.15, 0.2) is 29.6 Å². The van der Waals surface area contributed by atoms with Crippen molar-refractivity contribution in [2.45, 2.75) is 6.54 Å². The smallest absolute Gasteiger partial charge is 0.152 e. The van der Waals surface area contributed by atoms with Crippen LogP contribution in [0.25, 0.3) is 21.7 Å². The van der Waals surface area contributed by atoms with Crippen molar-refractivity contribution in [3.05, 3.63) is 35.2 Å². The second kappa shape index (κ2) is 4.44. The number of H-pyrrole nitrogens is 1. The normalized spacial score (nSPS) is 11.0. The zero-order valence-corrected chi connectivity index (χ0v) is 10.8. The Morgan fingerprint density at radius 3 is 3.06 bits per heavy atom. The summed E-state index contributed by atoms with van der Waals surface area (Å²) in [4.78, 5) is 8.95. The summed E-state index contributed by atoms with van der Waals surface area (Å²) in [6.07, 6.45) is 0. The van der Waals surface area contributed by atoms with Crippen molar-refractivity contribution in [3.8, 4) is 16.5 Å². The van der Waals surface area contributed by atoms with Gasteiger partial charge in [-0.3, -0.25) is 0 Å². The van der Waals surface area contributed by atoms with Crippen LogP contribution < -0.4 is 10.5 Å². The molecule has 0 radical (unpaired) electrons. The van der Waals surface area contributed by atoms with Crippen LogP contribution in [0.5, 0.6) is 5.75 Å². The minimum atomic E-state index is 0.489. The van der Waals surface area contributed by atoms with Gasteiger partial charge in [0.25, 0.3) is 0 Å². The van der Waals surface area contributed by atoms with Gasteiger partial charge in [0.1, 0.15) is 10.6 Å². The Kier molecular flexibility index (Phi) is 2.77. The van der Waals surface area contributed by atoms with Gasteiger partial charge in [-0.25, -0.2) is 4.98 Å². The first-order valence-corrected chi connectivity index (χ1v) is 6.51. The number of nitrogens with one attached hydrogen (secondary N) is 1. The molecule has 5 heteroatoms. The second-order valence-corrected chi connectivity index (χ2v) is 4.84. The number of para-hydroxylation sites is 1. The highest BCUT2D eigenvalue weighted by Gasteiger charge is 2.13. The van der Waals surface area contributed by atoms with Gasteiger partial charge >= 0.3 is 0 Å². The molecular weight excluding hydrogens is 246 g/mol. The summed E-state index contributed by atoms with van der Waals surface area (Å²) in [5.41, 5.74) is 8.71. The lowest BCUT2D eigenvalue weighted by molar-refractivity contribution is 0.418. The molecule has 4 nitrogen and oxygen atoms in total. The van der Waals surface area contributed by atoms with E-state index >= 15 is 0 Å². The van der Waals surface area contributed by atoms with E-state index in [1.807, 2.05) is 29.6 Å². The van der Waals surface area contributed by atoms with Crippen LogP contribution in [0.2, 0.25) is 0 Å². The number of thiophene rings is 1. The second-order valence-electron chi connectivity index (χ2n) is 3.92. The quantitative estimate of drug-likeness (QED) is 0.760. The highest BCUT2D eigenvalue weighted by atomic mass is 32.1. The predicted molar refractivity (Wildman–Crippen MR) is 73.9 cm³/mol. The molecule has 0 saturated carbocycles. The number of nitrogens with zero attached hydrogens (tertiary/aromatic N) is 1. The van der Waals surface area contributed by atoms with Crippen LogP contribution in [0.4, 0.5) is 0 Å². The highest BCUT2D eigenvalue weighted by molar-refractivity contribution is 7.13. The maximum atomic E-state index is 5.72. The molecule has 0 aliphatic carbocycles. The van der Waals surface area contributed by atoms with Crippen molar-refractivity contribution in [1.82, 2.24) is 9.97 Å². The van der Waals surface area contributed by atoms with E-state index in [1.165, 1.54) is 0 Å². The molecule has 3 N–H and O–H groups in total. The number of aromatic nitrogens is 2. The number of imidazole rings is 1. The number of methoxy groups -OCH3 is 1. The summed E-state index contributed by atoms with van der Waals surface area (Å²) >= 11 is 1.61. The Hall–Kier alpha value is -1.85. The summed E-state index contributed by atoms with van der Waals surface area (Å²) in [7, 11) is 1.67. The molecule has 0 saturated heterocycles. The molecule has 3 rings (SSSR count). The molecule has 0 spiro atoms. The van der Waals surface area contributed by atoms with Crippen molar-refractivity contribution in [3.63, 3.8) is 0 Å². The van der Waals surface area contributed by atoms with Crippen molar-refractivity contribution in [2.24, 2.45) is 5.73 Å². The van der Waals surface area contributed by atoms with Gasteiger partial charge in [0, 0.05) is 6.54 Å². The summed E-state index contributed by atoms with van der Waals surface area (Å²) in [6, 6.07) is 7.93. The Balaban J connectivity index is 2.19. The molecular formula is C13H13N3OS. The van der Waals surface area contributed by atoms with Gasteiger partial charge in [-0.1, -0.05) is 12.1 Å². The highest BCUT2D eigenvalue weighted by Crippen LogP contribution is 2.34. The van der Waals surface area contributed by atoms with Gasteiger partial charge in [0.15, 0.2) is 5.82 Å². The summed E-state index contributed by atoms with van der Waals surface area (Å²) in [5, 5.41) is 1.99. The maximum absolute atomic E-state index is 5.72. The van der Waals surface area contributed by atoms with Crippen molar-refractivity contribution in [2.75, 3.05) is 7.11 Å². The molecule has 2 heterocycles. The fourth-order valence-electron chi connectivity index (χ4n) is 1.99. The first kappa shape index (κ1) is 11.3. The SMILES string of the molecule is COc1ccsc1-c1nc2c(CN)cccc2[nH]1. The van der Waals surface area contributed by atoms with Crippen LogP contribution in [-0.4, -0.2) is 17.1 Å². The Labute approximate surface area is 108 Å². The predicted octanol–water partition coefficient (Wildman–Crippen LogP) is 2.76. The Bertz CT molecular complexity index is 686. The molecule has 0 atom stereocenters. The molecule has 0 aliphatic rings. The lowest BCUT2D eigenvalue weighted by Gasteiger charge is -1.97. The lowest BCUT2D eigenvalue weighted by atomic mass is 10.2. The molecule has 0 fully saturated rings. The lowest BCUT2D eigenvalue weighted by Crippen LogP contribution is -1.96. The van der Waals surface area contributed by atoms with E-state index in [0.29, 0.717) is 6.54 Å². The molecule has 1 aromatic carbocycles. The van der Waals surface area contributed by atoms with Crippen molar-refractivity contribution >= 4 is 22.4 Å². The zero-order chi connectivity index (χ0) is 12.5. The van der Waals surface area contributed by atoms with E-state index in [1.54, 1.807) is 18.4 Å². The number of ether oxygens (including phenoxy) is 1. The first-order chi connectivity index (χ1) is 8.83. The van der Waals surface area contributed by atoms with Gasteiger partial charge < -0.3 is 15.5 Å². The summed E-state index contributed by atoms with van der Waals surface area (Å²) in [6.45, 7) is 0.489. The monoisotopic (exact) mass is 259 g/mol. The van der Waals surface area contributed by atoms with Crippen LogP contribution in [-0.2, 0) is 6.54 Å². The van der Waals surface area contributed by atoms with Gasteiger partial charge in [-0.05, 0) is 23.1 Å². The van der Waals surface area contributed by atoms with Crippen molar-refractivity contribution in [1.29, 1.82) is 0 Å². The number of nitrogens with two attached hydrogens (primary N) is 1. The summed E-state index contributed by atoms with van der Waals surface area (Å²) in [5.74, 6) is 1.67. The number of aromatic amines is 1. The number of fused-ring (bicyclic) bond motifs is 1. The molecule has 2 aromatic heterocycles. The molecule has 0 aliphatic heterocycles. The molecule has 0 amide bonds. The van der Waals surface area contributed by atoms with E-state index in [0.717, 1.165) is 33.0 Å². The Morgan fingerprint density at radius 1 is 1.39 bits per heavy atom. The minimum Gasteiger partial charge on any atom is -0.495 e. The van der Waals surface area contributed by atoms with E-state index in [2.05, 4.69) is 9.97 Å². The average molecular weight is 259 g/mol. The third-order valence-electron chi connectivity index (χ3n) is 2.88. The van der Waals surface area contributed by atoms with E-state index in [-0.39, 0.29) is 0 Å². The van der Waals surface area contributed by atoms with Crippen LogP contribution in [0.3, 0.4) is 0 Å². The van der Waals surface area contributed by atoms with Crippen LogP contribution in [0.1, 0.15) is 5.56 Å². The van der Waals surface area contributed by atoms with Gasteiger partial charge in [-0.2, -0.15) is 0 Å². The topological polar surface area (TPSA) is 63.9 Å². The first-order valence-electron chi connectivity index (χ1n) is 5.63. The van der Waals surface area contributed by atoms with Crippen LogP contribution in [0, 0.1) is 0 Å². The van der Waals surface area contributed by atoms with E-state index in [9.17, 15) is 0 Å². The number of hydrogen-bond donors (Lipinski definition) is 2. The number of hydrogen-bond acceptors (Lipinski definition) is 4. The third-order valence-corrected chi connectivity index (χ3v) is 3.78. The van der Waals surface area contributed by atoms with E-state index < -0.39 is 0 Å². The zero-order valence-electron chi connectivity index (χ0n) is 9.93. The largest absolute Gasteiger partial charge is 0.495 e. The number of benzene rings is 1. The van der Waals surface area contributed by atoms with Gasteiger partial charge in [0.05, 0.1) is 18.1 Å². The molecule has 0 bridgehead atoms.